The van der Waals surface area contributed by atoms with Gasteiger partial charge in [-0.2, -0.15) is 13.2 Å². The lowest BCUT2D eigenvalue weighted by molar-refractivity contribution is -0.0954. The van der Waals surface area contributed by atoms with Crippen LogP contribution in [0.2, 0.25) is 0 Å². The minimum atomic E-state index is -4.25. The molecule has 0 saturated heterocycles. The highest BCUT2D eigenvalue weighted by atomic mass is 19.4. The number of hydrogen-bond donors (Lipinski definition) is 1. The van der Waals surface area contributed by atoms with E-state index in [0.29, 0.717) is 0 Å². The molecule has 0 spiro atoms. The number of hydrogen-bond acceptors (Lipinski definition) is 1. The van der Waals surface area contributed by atoms with Crippen LogP contribution in [0.4, 0.5) is 13.2 Å². The van der Waals surface area contributed by atoms with Gasteiger partial charge in [-0.1, -0.05) is 18.2 Å². The van der Waals surface area contributed by atoms with Crippen LogP contribution >= 0.6 is 0 Å². The van der Waals surface area contributed by atoms with Gasteiger partial charge < -0.3 is 5.11 Å². The van der Waals surface area contributed by atoms with Crippen molar-refractivity contribution >= 4 is 0 Å². The van der Waals surface area contributed by atoms with Crippen molar-refractivity contribution in [3.63, 3.8) is 0 Å². The van der Waals surface area contributed by atoms with E-state index in [9.17, 15) is 13.2 Å². The predicted octanol–water partition coefficient (Wildman–Crippen LogP) is 2.04. The predicted molar refractivity (Wildman–Crippen MR) is 38.5 cm³/mol. The van der Waals surface area contributed by atoms with Gasteiger partial charge in [-0.05, 0) is 6.42 Å². The Morgan fingerprint density at radius 1 is 1.50 bits per heavy atom. The Balaban J connectivity index is 2.70. The van der Waals surface area contributed by atoms with Gasteiger partial charge in [0.25, 0.3) is 0 Å². The molecule has 68 valence electrons. The Morgan fingerprint density at radius 3 is 2.67 bits per heavy atom. The summed E-state index contributed by atoms with van der Waals surface area (Å²) in [6.07, 6.45) is -0.400. The maximum atomic E-state index is 12.1. The number of alkyl halides is 3. The smallest absolute Gasteiger partial charge is 0.396 e. The third-order valence-electron chi connectivity index (χ3n) is 1.76. The van der Waals surface area contributed by atoms with Crippen LogP contribution in [-0.4, -0.2) is 17.9 Å². The van der Waals surface area contributed by atoms with Gasteiger partial charge in [0, 0.05) is 18.1 Å². The van der Waals surface area contributed by atoms with E-state index in [4.69, 9.17) is 5.11 Å². The van der Waals surface area contributed by atoms with E-state index in [2.05, 4.69) is 0 Å². The average molecular weight is 178 g/mol. The van der Waals surface area contributed by atoms with Crippen molar-refractivity contribution in [3.05, 3.63) is 23.8 Å². The van der Waals surface area contributed by atoms with Crippen LogP contribution in [0.15, 0.2) is 23.8 Å². The van der Waals surface area contributed by atoms with Crippen molar-refractivity contribution < 1.29 is 18.3 Å². The summed E-state index contributed by atoms with van der Waals surface area (Å²) >= 11 is 0. The third kappa shape index (κ3) is 2.11. The molecule has 1 aliphatic carbocycles. The van der Waals surface area contributed by atoms with Crippen molar-refractivity contribution in [2.24, 2.45) is 5.92 Å². The molecule has 0 amide bonds. The minimum Gasteiger partial charge on any atom is -0.396 e. The molecule has 0 fully saturated rings. The first-order valence-electron chi connectivity index (χ1n) is 3.59. The van der Waals surface area contributed by atoms with Crippen molar-refractivity contribution in [1.29, 1.82) is 0 Å². The van der Waals surface area contributed by atoms with Gasteiger partial charge in [-0.25, -0.2) is 0 Å². The van der Waals surface area contributed by atoms with Crippen LogP contribution < -0.4 is 0 Å². The fraction of sp³-hybridized carbons (Fsp3) is 0.500. The van der Waals surface area contributed by atoms with Gasteiger partial charge in [0.1, 0.15) is 0 Å². The van der Waals surface area contributed by atoms with Crippen molar-refractivity contribution in [2.45, 2.75) is 12.6 Å². The molecule has 0 bridgehead atoms. The van der Waals surface area contributed by atoms with Gasteiger partial charge >= 0.3 is 6.18 Å². The lowest BCUT2D eigenvalue weighted by atomic mass is 9.95. The molecule has 1 atom stereocenters. The van der Waals surface area contributed by atoms with E-state index in [1.165, 1.54) is 6.08 Å². The molecule has 0 aromatic rings. The van der Waals surface area contributed by atoms with Crippen LogP contribution in [0.25, 0.3) is 0 Å². The summed E-state index contributed by atoms with van der Waals surface area (Å²) in [4.78, 5) is 0. The first-order valence-corrected chi connectivity index (χ1v) is 3.59. The molecule has 0 saturated carbocycles. The molecule has 0 radical (unpaired) electrons. The highest BCUT2D eigenvalue weighted by Gasteiger charge is 2.34. The third-order valence-corrected chi connectivity index (χ3v) is 1.76. The zero-order chi connectivity index (χ0) is 9.19. The first-order chi connectivity index (χ1) is 5.54. The van der Waals surface area contributed by atoms with Crippen LogP contribution in [0.1, 0.15) is 6.42 Å². The highest BCUT2D eigenvalue weighted by molar-refractivity contribution is 5.23. The molecule has 12 heavy (non-hydrogen) atoms. The zero-order valence-corrected chi connectivity index (χ0v) is 6.30. The zero-order valence-electron chi connectivity index (χ0n) is 6.30. The quantitative estimate of drug-likeness (QED) is 0.651. The number of halogens is 3. The summed E-state index contributed by atoms with van der Waals surface area (Å²) in [5, 5.41) is 8.63. The van der Waals surface area contributed by atoms with E-state index in [1.807, 2.05) is 0 Å². The van der Waals surface area contributed by atoms with Crippen LogP contribution in [-0.2, 0) is 0 Å². The fourth-order valence-corrected chi connectivity index (χ4v) is 1.08. The van der Waals surface area contributed by atoms with Crippen molar-refractivity contribution in [3.8, 4) is 0 Å². The number of aliphatic hydroxyl groups excluding tert-OH is 1. The van der Waals surface area contributed by atoms with Crippen LogP contribution in [0, 0.1) is 5.92 Å². The Hall–Kier alpha value is -0.770. The van der Waals surface area contributed by atoms with E-state index < -0.39 is 11.7 Å². The average Bonchev–Trinajstić information content (AvgIpc) is 2.03. The Bertz CT molecular complexity index is 215. The topological polar surface area (TPSA) is 20.2 Å². The lowest BCUT2D eigenvalue weighted by Gasteiger charge is -2.18. The summed E-state index contributed by atoms with van der Waals surface area (Å²) in [6, 6.07) is 0. The molecule has 0 aromatic carbocycles. The fourth-order valence-electron chi connectivity index (χ4n) is 1.08. The molecule has 0 aliphatic heterocycles. The molecule has 1 unspecified atom stereocenters. The molecule has 1 rings (SSSR count). The summed E-state index contributed by atoms with van der Waals surface area (Å²) in [6.45, 7) is -0.232. The largest absolute Gasteiger partial charge is 0.412 e. The van der Waals surface area contributed by atoms with Gasteiger partial charge in [0.2, 0.25) is 0 Å². The maximum absolute atomic E-state index is 12.1. The van der Waals surface area contributed by atoms with Crippen LogP contribution in [0.5, 0.6) is 0 Å². The molecule has 1 nitrogen and oxygen atoms in total. The van der Waals surface area contributed by atoms with Gasteiger partial charge in [-0.3, -0.25) is 0 Å². The standard InChI is InChI=1S/C8H9F3O/c9-8(10,11)7-3-1-2-6(4-7)5-12/h1-3,6,12H,4-5H2. The normalized spacial score (nSPS) is 24.0. The van der Waals surface area contributed by atoms with Crippen molar-refractivity contribution in [1.82, 2.24) is 0 Å². The number of aliphatic hydroxyl groups is 1. The van der Waals surface area contributed by atoms with Gasteiger partial charge in [0.15, 0.2) is 0 Å². The summed E-state index contributed by atoms with van der Waals surface area (Å²) in [7, 11) is 0. The molecular weight excluding hydrogens is 169 g/mol. The molecule has 1 aliphatic rings. The van der Waals surface area contributed by atoms with Crippen molar-refractivity contribution in [2.75, 3.05) is 6.61 Å². The second-order valence-electron chi connectivity index (χ2n) is 2.72. The second kappa shape index (κ2) is 3.31. The highest BCUT2D eigenvalue weighted by Crippen LogP contribution is 2.32. The van der Waals surface area contributed by atoms with E-state index >= 15 is 0 Å². The Labute approximate surface area is 68.2 Å². The molecule has 0 aromatic heterocycles. The Morgan fingerprint density at radius 2 is 2.17 bits per heavy atom. The molecule has 1 N–H and O–H groups in total. The van der Waals surface area contributed by atoms with Gasteiger partial charge in [-0.15, -0.1) is 0 Å². The van der Waals surface area contributed by atoms with Crippen LogP contribution in [0.3, 0.4) is 0 Å². The maximum Gasteiger partial charge on any atom is 0.412 e. The molecule has 0 heterocycles. The number of allylic oxidation sites excluding steroid dienone is 3. The molecular formula is C8H9F3O. The van der Waals surface area contributed by atoms with E-state index in [-0.39, 0.29) is 18.9 Å². The summed E-state index contributed by atoms with van der Waals surface area (Å²) in [5.74, 6) is -0.383. The molecule has 4 heteroatoms. The SMILES string of the molecule is OCC1C=CC=C(C(F)(F)F)C1. The lowest BCUT2D eigenvalue weighted by Crippen LogP contribution is -2.18. The second-order valence-corrected chi connectivity index (χ2v) is 2.72. The van der Waals surface area contributed by atoms with Gasteiger partial charge in [0.05, 0.1) is 0 Å². The summed E-state index contributed by atoms with van der Waals surface area (Å²) < 4.78 is 36.2. The Kier molecular flexibility index (Phi) is 2.57. The monoisotopic (exact) mass is 178 g/mol. The minimum absolute atomic E-state index is 0.115. The van der Waals surface area contributed by atoms with E-state index in [0.717, 1.165) is 6.08 Å². The first kappa shape index (κ1) is 9.32. The van der Waals surface area contributed by atoms with E-state index in [1.54, 1.807) is 6.08 Å². The number of rotatable bonds is 1. The summed E-state index contributed by atoms with van der Waals surface area (Å²) in [5.41, 5.74) is -0.566.